The molecule has 0 bridgehead atoms. The maximum atomic E-state index is 14.5. The fraction of sp³-hybridized carbons (Fsp3) is 0.294. The van der Waals surface area contributed by atoms with Crippen molar-refractivity contribution in [1.29, 1.82) is 0 Å². The van der Waals surface area contributed by atoms with Crippen LogP contribution in [-0.2, 0) is 4.79 Å². The molecular weight excluding hydrogens is 531 g/mol. The number of nitrogens with zero attached hydrogens (tertiary/aromatic N) is 2. The van der Waals surface area contributed by atoms with Crippen LogP contribution in [0.2, 0.25) is 0 Å². The number of nitrogens with one attached hydrogen (secondary N) is 2. The lowest BCUT2D eigenvalue weighted by molar-refractivity contribution is -0.125. The number of aromatic amines is 1. The fourth-order valence-corrected chi connectivity index (χ4v) is 5.21. The van der Waals surface area contributed by atoms with Gasteiger partial charge in [0.15, 0.2) is 0 Å². The number of benzene rings is 3. The molecule has 0 unspecified atom stereocenters. The standard InChI is InChI=1S/C34H37FN4O3/c1-39(20-21-40)31(41)11-6-18-36-19-22-42-28-15-12-26(13-16-28)33(27-14-17-30-29(23-27)34(35)38-37-30)32(25-9-5-10-25)24-7-3-2-4-8-24/h2-4,6-8,11-17,23,25,36,40H,5,9-10,18-22H2,1H3,(H,37,38). The van der Waals surface area contributed by atoms with E-state index in [1.54, 1.807) is 13.1 Å². The molecule has 0 aliphatic heterocycles. The van der Waals surface area contributed by atoms with Crippen LogP contribution in [-0.4, -0.2) is 66.0 Å². The predicted octanol–water partition coefficient (Wildman–Crippen LogP) is 5.44. The van der Waals surface area contributed by atoms with Crippen molar-refractivity contribution in [3.63, 3.8) is 0 Å². The van der Waals surface area contributed by atoms with Crippen molar-refractivity contribution in [2.45, 2.75) is 19.3 Å². The minimum absolute atomic E-state index is 0.0556. The number of fused-ring (bicyclic) bond motifs is 1. The third-order valence-corrected chi connectivity index (χ3v) is 7.70. The predicted molar refractivity (Wildman–Crippen MR) is 164 cm³/mol. The fourth-order valence-electron chi connectivity index (χ4n) is 5.21. The third kappa shape index (κ3) is 6.95. The zero-order chi connectivity index (χ0) is 29.3. The van der Waals surface area contributed by atoms with Gasteiger partial charge in [-0.05, 0) is 70.9 Å². The van der Waals surface area contributed by atoms with Crippen LogP contribution < -0.4 is 10.1 Å². The molecule has 0 saturated heterocycles. The highest BCUT2D eigenvalue weighted by atomic mass is 19.1. The lowest BCUT2D eigenvalue weighted by Crippen LogP contribution is -2.28. The Bertz CT molecular complexity index is 1540. The minimum Gasteiger partial charge on any atom is -0.492 e. The summed E-state index contributed by atoms with van der Waals surface area (Å²) in [4.78, 5) is 13.3. The SMILES string of the molecule is CN(CCO)C(=O)C=CCNCCOc1ccc(C(=C(c2ccccc2)C2CCC2)c2ccc3[nH]nc(F)c3c2)cc1. The highest BCUT2D eigenvalue weighted by Crippen LogP contribution is 2.45. The van der Waals surface area contributed by atoms with Crippen LogP contribution in [0, 0.1) is 11.9 Å². The Hall–Kier alpha value is -4.27. The number of halogens is 1. The van der Waals surface area contributed by atoms with Gasteiger partial charge in [-0.3, -0.25) is 9.89 Å². The quantitative estimate of drug-likeness (QED) is 0.114. The van der Waals surface area contributed by atoms with Crippen LogP contribution in [0.25, 0.3) is 22.0 Å². The second-order valence-electron chi connectivity index (χ2n) is 10.5. The van der Waals surface area contributed by atoms with E-state index in [4.69, 9.17) is 9.84 Å². The van der Waals surface area contributed by atoms with Gasteiger partial charge in [0, 0.05) is 32.8 Å². The number of H-pyrrole nitrogens is 1. The van der Waals surface area contributed by atoms with Crippen molar-refractivity contribution in [3.8, 4) is 5.75 Å². The van der Waals surface area contributed by atoms with E-state index in [9.17, 15) is 9.18 Å². The van der Waals surface area contributed by atoms with Gasteiger partial charge in [-0.1, -0.05) is 61.0 Å². The summed E-state index contributed by atoms with van der Waals surface area (Å²) in [7, 11) is 1.65. The second kappa shape index (κ2) is 14.1. The van der Waals surface area contributed by atoms with Gasteiger partial charge >= 0.3 is 0 Å². The molecule has 7 nitrogen and oxygen atoms in total. The Morgan fingerprint density at radius 3 is 2.57 bits per heavy atom. The number of aliphatic hydroxyl groups is 1. The Balaban J connectivity index is 1.33. The van der Waals surface area contributed by atoms with E-state index in [-0.39, 0.29) is 12.5 Å². The van der Waals surface area contributed by atoms with E-state index < -0.39 is 5.95 Å². The number of aromatic nitrogens is 2. The molecule has 8 heteroatoms. The van der Waals surface area contributed by atoms with Crippen molar-refractivity contribution in [1.82, 2.24) is 20.4 Å². The summed E-state index contributed by atoms with van der Waals surface area (Å²) in [6.07, 6.45) is 6.73. The number of hydrogen-bond acceptors (Lipinski definition) is 5. The van der Waals surface area contributed by atoms with Crippen molar-refractivity contribution in [3.05, 3.63) is 108 Å². The zero-order valence-electron chi connectivity index (χ0n) is 23.9. The van der Waals surface area contributed by atoms with Gasteiger partial charge < -0.3 is 20.1 Å². The van der Waals surface area contributed by atoms with E-state index >= 15 is 0 Å². The molecule has 3 aromatic carbocycles. The number of carbonyl (C=O) groups is 1. The van der Waals surface area contributed by atoms with E-state index in [1.165, 1.54) is 28.5 Å². The molecule has 42 heavy (non-hydrogen) atoms. The van der Waals surface area contributed by atoms with E-state index in [2.05, 4.69) is 51.9 Å². The van der Waals surface area contributed by atoms with Crippen molar-refractivity contribution < 1.29 is 19.0 Å². The summed E-state index contributed by atoms with van der Waals surface area (Å²) in [5.74, 6) is 0.564. The molecular formula is C34H37FN4O3. The Kier molecular flexibility index (Phi) is 9.79. The van der Waals surface area contributed by atoms with Gasteiger partial charge in [0.25, 0.3) is 0 Å². The van der Waals surface area contributed by atoms with Gasteiger partial charge in [-0.25, -0.2) is 0 Å². The van der Waals surface area contributed by atoms with E-state index in [0.29, 0.717) is 43.1 Å². The Morgan fingerprint density at radius 2 is 1.86 bits per heavy atom. The molecule has 0 atom stereocenters. The first-order valence-corrected chi connectivity index (χ1v) is 14.4. The maximum absolute atomic E-state index is 14.5. The highest BCUT2D eigenvalue weighted by molar-refractivity contribution is 6.01. The molecule has 1 amide bonds. The smallest absolute Gasteiger partial charge is 0.246 e. The van der Waals surface area contributed by atoms with Gasteiger partial charge in [-0.15, -0.1) is 5.10 Å². The summed E-state index contributed by atoms with van der Waals surface area (Å²) in [6, 6.07) is 24.4. The lowest BCUT2D eigenvalue weighted by atomic mass is 9.73. The molecule has 1 aliphatic carbocycles. The van der Waals surface area contributed by atoms with Crippen LogP contribution in [0.3, 0.4) is 0 Å². The van der Waals surface area contributed by atoms with Crippen LogP contribution in [0.5, 0.6) is 5.75 Å². The third-order valence-electron chi connectivity index (χ3n) is 7.70. The Labute approximate surface area is 245 Å². The average Bonchev–Trinajstić information content (AvgIpc) is 3.36. The summed E-state index contributed by atoms with van der Waals surface area (Å²) in [5, 5.41) is 19.2. The maximum Gasteiger partial charge on any atom is 0.246 e. The van der Waals surface area contributed by atoms with Crippen LogP contribution in [0.1, 0.15) is 36.0 Å². The number of aliphatic hydroxyl groups excluding tert-OH is 1. The molecule has 0 radical (unpaired) electrons. The van der Waals surface area contributed by atoms with E-state index in [1.807, 2.05) is 36.4 Å². The van der Waals surface area contributed by atoms with Gasteiger partial charge in [0.05, 0.1) is 17.5 Å². The number of amides is 1. The van der Waals surface area contributed by atoms with Crippen LogP contribution >= 0.6 is 0 Å². The molecule has 4 aromatic rings. The van der Waals surface area contributed by atoms with Gasteiger partial charge in [-0.2, -0.15) is 4.39 Å². The number of hydrogen-bond donors (Lipinski definition) is 3. The molecule has 0 spiro atoms. The van der Waals surface area contributed by atoms with E-state index in [0.717, 1.165) is 35.3 Å². The molecule has 218 valence electrons. The second-order valence-corrected chi connectivity index (χ2v) is 10.5. The number of likely N-dealkylation sites (N-methyl/N-ethyl adjacent to an activating group) is 1. The number of allylic oxidation sites excluding steroid dienone is 1. The number of carbonyl (C=O) groups excluding carboxylic acids is 1. The molecule has 1 fully saturated rings. The minimum atomic E-state index is -0.496. The first-order chi connectivity index (χ1) is 20.5. The highest BCUT2D eigenvalue weighted by Gasteiger charge is 2.27. The molecule has 1 saturated carbocycles. The summed E-state index contributed by atoms with van der Waals surface area (Å²) in [6.45, 7) is 1.89. The summed E-state index contributed by atoms with van der Waals surface area (Å²) in [5.41, 5.74) is 6.27. The Morgan fingerprint density at radius 1 is 1.10 bits per heavy atom. The molecule has 1 aromatic heterocycles. The number of ether oxygens (including phenoxy) is 1. The van der Waals surface area contributed by atoms with Gasteiger partial charge in [0.1, 0.15) is 12.4 Å². The van der Waals surface area contributed by atoms with Crippen LogP contribution in [0.4, 0.5) is 4.39 Å². The number of rotatable bonds is 13. The van der Waals surface area contributed by atoms with Crippen molar-refractivity contribution in [2.75, 3.05) is 39.9 Å². The normalized spacial score (nSPS) is 14.2. The zero-order valence-corrected chi connectivity index (χ0v) is 23.9. The molecule has 1 heterocycles. The molecule has 5 rings (SSSR count). The topological polar surface area (TPSA) is 90.5 Å². The van der Waals surface area contributed by atoms with Crippen LogP contribution in [0.15, 0.2) is 84.9 Å². The lowest BCUT2D eigenvalue weighted by Gasteiger charge is -2.31. The molecule has 1 aliphatic rings. The van der Waals surface area contributed by atoms with Crippen molar-refractivity contribution in [2.24, 2.45) is 5.92 Å². The largest absolute Gasteiger partial charge is 0.492 e. The first kappa shape index (κ1) is 29.2. The van der Waals surface area contributed by atoms with Gasteiger partial charge in [0.2, 0.25) is 11.9 Å². The monoisotopic (exact) mass is 568 g/mol. The average molecular weight is 569 g/mol. The molecule has 3 N–H and O–H groups in total. The van der Waals surface area contributed by atoms with Crippen molar-refractivity contribution >= 4 is 28.0 Å². The first-order valence-electron chi connectivity index (χ1n) is 14.4. The summed E-state index contributed by atoms with van der Waals surface area (Å²) >= 11 is 0. The summed E-state index contributed by atoms with van der Waals surface area (Å²) < 4.78 is 20.5.